The Bertz CT molecular complexity index is 682. The van der Waals surface area contributed by atoms with Crippen LogP contribution < -0.4 is 20.9 Å². The Morgan fingerprint density at radius 2 is 1.96 bits per heavy atom. The molecule has 0 aliphatic carbocycles. The molecule has 0 saturated carbocycles. The highest BCUT2D eigenvalue weighted by Crippen LogP contribution is 2.19. The van der Waals surface area contributed by atoms with Gasteiger partial charge in [0.05, 0.1) is 0 Å². The van der Waals surface area contributed by atoms with E-state index in [1.807, 2.05) is 31.2 Å². The average Bonchev–Trinajstić information content (AvgIpc) is 2.64. The largest absolute Gasteiger partial charge is 0.370 e. The highest BCUT2D eigenvalue weighted by Gasteiger charge is 2.12. The Morgan fingerprint density at radius 3 is 2.67 bits per heavy atom. The summed E-state index contributed by atoms with van der Waals surface area (Å²) in [6, 6.07) is 9.55. The van der Waals surface area contributed by atoms with Crippen molar-refractivity contribution in [1.29, 1.82) is 0 Å². The summed E-state index contributed by atoms with van der Waals surface area (Å²) in [5.74, 6) is 0.401. The molecule has 0 unspecified atom stereocenters. The molecule has 3 rings (SSSR count). The van der Waals surface area contributed by atoms with Gasteiger partial charge in [0.1, 0.15) is 17.8 Å². The van der Waals surface area contributed by atoms with Gasteiger partial charge in [-0.05, 0) is 31.2 Å². The maximum atomic E-state index is 12.3. The van der Waals surface area contributed by atoms with E-state index < -0.39 is 0 Å². The zero-order valence-electron chi connectivity index (χ0n) is 13.7. The molecular weight excluding hydrogens is 304 g/mol. The van der Waals surface area contributed by atoms with Gasteiger partial charge < -0.3 is 20.9 Å². The lowest BCUT2D eigenvalue weighted by molar-refractivity contribution is 0.102. The topological polar surface area (TPSA) is 82.2 Å². The minimum absolute atomic E-state index is 0.244. The number of piperazine rings is 1. The summed E-state index contributed by atoms with van der Waals surface area (Å²) in [6.45, 7) is 6.72. The molecule has 1 amide bonds. The third-order valence-electron chi connectivity index (χ3n) is 3.86. The number of rotatable bonds is 5. The number of carbonyl (C=O) groups is 1. The van der Waals surface area contributed by atoms with E-state index in [-0.39, 0.29) is 5.91 Å². The summed E-state index contributed by atoms with van der Waals surface area (Å²) in [4.78, 5) is 22.7. The zero-order chi connectivity index (χ0) is 16.8. The molecule has 1 aromatic heterocycles. The molecule has 3 N–H and O–H groups in total. The fourth-order valence-corrected chi connectivity index (χ4v) is 2.63. The van der Waals surface area contributed by atoms with E-state index in [1.54, 1.807) is 6.07 Å². The number of nitrogens with one attached hydrogen (secondary N) is 3. The van der Waals surface area contributed by atoms with E-state index in [0.717, 1.165) is 38.4 Å². The molecule has 0 spiro atoms. The first-order chi connectivity index (χ1) is 11.8. The molecule has 7 heteroatoms. The number of benzene rings is 1. The van der Waals surface area contributed by atoms with Gasteiger partial charge in [-0.1, -0.05) is 0 Å². The van der Waals surface area contributed by atoms with E-state index in [1.165, 1.54) is 12.0 Å². The number of amides is 1. The Balaban J connectivity index is 1.64. The van der Waals surface area contributed by atoms with Gasteiger partial charge in [-0.2, -0.15) is 0 Å². The van der Waals surface area contributed by atoms with Gasteiger partial charge in [0.25, 0.3) is 5.91 Å². The molecule has 1 fully saturated rings. The minimum Gasteiger partial charge on any atom is -0.370 e. The van der Waals surface area contributed by atoms with Crippen LogP contribution in [0, 0.1) is 0 Å². The number of anilines is 3. The molecule has 1 aliphatic rings. The molecule has 1 aliphatic heterocycles. The van der Waals surface area contributed by atoms with Crippen LogP contribution in [0.1, 0.15) is 17.4 Å². The summed E-state index contributed by atoms with van der Waals surface area (Å²) < 4.78 is 0. The van der Waals surface area contributed by atoms with E-state index in [2.05, 4.69) is 30.8 Å². The van der Waals surface area contributed by atoms with E-state index in [4.69, 9.17) is 0 Å². The SMILES string of the molecule is CCNc1cc(C(=O)Nc2ccc(N3CCNCC3)cc2)ncn1. The van der Waals surface area contributed by atoms with Gasteiger partial charge in [0.15, 0.2) is 0 Å². The monoisotopic (exact) mass is 326 g/mol. The van der Waals surface area contributed by atoms with Crippen molar-refractivity contribution in [2.45, 2.75) is 6.92 Å². The number of hydrogen-bond donors (Lipinski definition) is 3. The van der Waals surface area contributed by atoms with Crippen molar-refractivity contribution in [3.05, 3.63) is 42.4 Å². The predicted molar refractivity (Wildman–Crippen MR) is 95.7 cm³/mol. The molecule has 2 heterocycles. The summed E-state index contributed by atoms with van der Waals surface area (Å²) in [7, 11) is 0. The first-order valence-electron chi connectivity index (χ1n) is 8.19. The van der Waals surface area contributed by atoms with Crippen LogP contribution in [0.3, 0.4) is 0 Å². The van der Waals surface area contributed by atoms with Crippen molar-refractivity contribution in [1.82, 2.24) is 15.3 Å². The lowest BCUT2D eigenvalue weighted by atomic mass is 10.2. The van der Waals surface area contributed by atoms with Crippen LogP contribution in [0.25, 0.3) is 0 Å². The van der Waals surface area contributed by atoms with Crippen molar-refractivity contribution < 1.29 is 4.79 Å². The van der Waals surface area contributed by atoms with Gasteiger partial charge >= 0.3 is 0 Å². The Morgan fingerprint density at radius 1 is 1.21 bits per heavy atom. The average molecular weight is 326 g/mol. The van der Waals surface area contributed by atoms with Gasteiger partial charge in [0, 0.05) is 50.2 Å². The van der Waals surface area contributed by atoms with Crippen LogP contribution in [0.2, 0.25) is 0 Å². The molecule has 0 bridgehead atoms. The molecule has 1 aromatic carbocycles. The standard InChI is InChI=1S/C17H22N6O/c1-2-19-16-11-15(20-12-21-16)17(24)22-13-3-5-14(6-4-13)23-9-7-18-8-10-23/h3-6,11-12,18H,2,7-10H2,1H3,(H,22,24)(H,19,20,21). The van der Waals surface area contributed by atoms with Crippen molar-refractivity contribution in [2.24, 2.45) is 0 Å². The van der Waals surface area contributed by atoms with Gasteiger partial charge in [0.2, 0.25) is 0 Å². The Hall–Kier alpha value is -2.67. The fraction of sp³-hybridized carbons (Fsp3) is 0.353. The summed E-state index contributed by atoms with van der Waals surface area (Å²) >= 11 is 0. The van der Waals surface area contributed by atoms with Gasteiger partial charge in [-0.3, -0.25) is 4.79 Å². The minimum atomic E-state index is -0.244. The quantitative estimate of drug-likeness (QED) is 0.774. The fourth-order valence-electron chi connectivity index (χ4n) is 2.63. The predicted octanol–water partition coefficient (Wildman–Crippen LogP) is 1.57. The van der Waals surface area contributed by atoms with Crippen molar-refractivity contribution in [2.75, 3.05) is 48.3 Å². The second kappa shape index (κ2) is 7.74. The maximum Gasteiger partial charge on any atom is 0.274 e. The number of hydrogen-bond acceptors (Lipinski definition) is 6. The maximum absolute atomic E-state index is 12.3. The molecule has 1 saturated heterocycles. The van der Waals surface area contributed by atoms with E-state index >= 15 is 0 Å². The first kappa shape index (κ1) is 16.2. The van der Waals surface area contributed by atoms with Crippen LogP contribution in [0.5, 0.6) is 0 Å². The Kier molecular flexibility index (Phi) is 5.22. The summed E-state index contributed by atoms with van der Waals surface area (Å²) in [6.07, 6.45) is 1.39. The molecule has 126 valence electrons. The highest BCUT2D eigenvalue weighted by atomic mass is 16.1. The Labute approximate surface area is 141 Å². The second-order valence-corrected chi connectivity index (χ2v) is 5.56. The highest BCUT2D eigenvalue weighted by molar-refractivity contribution is 6.03. The number of aromatic nitrogens is 2. The lowest BCUT2D eigenvalue weighted by Crippen LogP contribution is -2.43. The molecule has 0 radical (unpaired) electrons. The molecule has 7 nitrogen and oxygen atoms in total. The molecule has 0 atom stereocenters. The van der Waals surface area contributed by atoms with Crippen molar-refractivity contribution in [3.63, 3.8) is 0 Å². The number of nitrogens with zero attached hydrogens (tertiary/aromatic N) is 3. The van der Waals surface area contributed by atoms with Crippen molar-refractivity contribution in [3.8, 4) is 0 Å². The van der Waals surface area contributed by atoms with Crippen LogP contribution in [-0.4, -0.2) is 48.6 Å². The van der Waals surface area contributed by atoms with Gasteiger partial charge in [-0.25, -0.2) is 9.97 Å². The summed E-state index contributed by atoms with van der Waals surface area (Å²) in [5, 5.41) is 9.28. The van der Waals surface area contributed by atoms with Crippen LogP contribution >= 0.6 is 0 Å². The zero-order valence-corrected chi connectivity index (χ0v) is 13.7. The third kappa shape index (κ3) is 3.99. The van der Waals surface area contributed by atoms with Crippen LogP contribution in [-0.2, 0) is 0 Å². The lowest BCUT2D eigenvalue weighted by Gasteiger charge is -2.29. The van der Waals surface area contributed by atoms with Gasteiger partial charge in [-0.15, -0.1) is 0 Å². The molecular formula is C17H22N6O. The third-order valence-corrected chi connectivity index (χ3v) is 3.86. The molecule has 2 aromatic rings. The smallest absolute Gasteiger partial charge is 0.274 e. The van der Waals surface area contributed by atoms with E-state index in [0.29, 0.717) is 11.5 Å². The second-order valence-electron chi connectivity index (χ2n) is 5.56. The molecule has 24 heavy (non-hydrogen) atoms. The normalized spacial score (nSPS) is 14.3. The van der Waals surface area contributed by atoms with E-state index in [9.17, 15) is 4.79 Å². The van der Waals surface area contributed by atoms with Crippen LogP contribution in [0.15, 0.2) is 36.7 Å². The summed E-state index contributed by atoms with van der Waals surface area (Å²) in [5.41, 5.74) is 2.26. The van der Waals surface area contributed by atoms with Crippen LogP contribution in [0.4, 0.5) is 17.2 Å². The first-order valence-corrected chi connectivity index (χ1v) is 8.19. The van der Waals surface area contributed by atoms with Crippen molar-refractivity contribution >= 4 is 23.1 Å². The number of carbonyl (C=O) groups excluding carboxylic acids is 1.